The van der Waals surface area contributed by atoms with Gasteiger partial charge in [-0.05, 0) is 49.5 Å². The monoisotopic (exact) mass is 401 g/mol. The summed E-state index contributed by atoms with van der Waals surface area (Å²) in [6.07, 6.45) is 3.76. The maximum absolute atomic E-state index is 12.4. The van der Waals surface area contributed by atoms with Crippen molar-refractivity contribution in [1.29, 1.82) is 0 Å². The normalized spacial score (nSPS) is 17.2. The first-order valence-electron chi connectivity index (χ1n) is 9.86. The van der Waals surface area contributed by atoms with E-state index in [1.54, 1.807) is 15.9 Å². The molecule has 1 aliphatic carbocycles. The highest BCUT2D eigenvalue weighted by molar-refractivity contribution is 7.19. The molecule has 0 spiro atoms. The van der Waals surface area contributed by atoms with Crippen molar-refractivity contribution < 1.29 is 9.90 Å². The Morgan fingerprint density at radius 3 is 2.86 bits per heavy atom. The van der Waals surface area contributed by atoms with E-state index in [1.807, 2.05) is 6.92 Å². The van der Waals surface area contributed by atoms with Gasteiger partial charge in [-0.15, -0.1) is 16.4 Å². The molecule has 3 heterocycles. The molecule has 0 aromatic carbocycles. The molecule has 0 saturated heterocycles. The smallest absolute Gasteiger partial charge is 0.290 e. The highest BCUT2D eigenvalue weighted by atomic mass is 32.1. The number of aliphatic hydroxyl groups is 1. The van der Waals surface area contributed by atoms with Crippen LogP contribution in [0.3, 0.4) is 0 Å². The van der Waals surface area contributed by atoms with E-state index in [0.29, 0.717) is 24.3 Å². The van der Waals surface area contributed by atoms with E-state index >= 15 is 0 Å². The largest absolute Gasteiger partial charge is 0.396 e. The van der Waals surface area contributed by atoms with Crippen LogP contribution in [0.15, 0.2) is 0 Å². The Labute approximate surface area is 168 Å². The molecule has 1 amide bonds. The number of hydrogen-bond donors (Lipinski definition) is 2. The van der Waals surface area contributed by atoms with Gasteiger partial charge in [-0.3, -0.25) is 4.79 Å². The minimum Gasteiger partial charge on any atom is -0.396 e. The first-order chi connectivity index (χ1) is 13.3. The molecule has 4 rings (SSSR count). The van der Waals surface area contributed by atoms with Crippen molar-refractivity contribution in [3.8, 4) is 0 Å². The van der Waals surface area contributed by atoms with Gasteiger partial charge in [0.1, 0.15) is 10.7 Å². The lowest BCUT2D eigenvalue weighted by Gasteiger charge is -2.33. The van der Waals surface area contributed by atoms with Crippen molar-refractivity contribution >= 4 is 33.1 Å². The Hall–Kier alpha value is -2.06. The van der Waals surface area contributed by atoms with Crippen molar-refractivity contribution in [2.75, 3.05) is 13.2 Å². The average molecular weight is 402 g/mol. The fourth-order valence-corrected chi connectivity index (χ4v) is 5.31. The van der Waals surface area contributed by atoms with Crippen LogP contribution in [0.2, 0.25) is 0 Å². The fourth-order valence-electron chi connectivity index (χ4n) is 3.97. The Kier molecular flexibility index (Phi) is 4.87. The van der Waals surface area contributed by atoms with Crippen LogP contribution < -0.4 is 5.32 Å². The van der Waals surface area contributed by atoms with E-state index in [9.17, 15) is 4.79 Å². The molecule has 0 aliphatic heterocycles. The Bertz CT molecular complexity index is 1050. The van der Waals surface area contributed by atoms with Gasteiger partial charge in [0.2, 0.25) is 5.82 Å². The number of aromatic nitrogens is 4. The van der Waals surface area contributed by atoms with Crippen molar-refractivity contribution in [3.05, 3.63) is 22.1 Å². The van der Waals surface area contributed by atoms with Crippen LogP contribution in [0, 0.1) is 18.3 Å². The third-order valence-corrected chi connectivity index (χ3v) is 6.84. The summed E-state index contributed by atoms with van der Waals surface area (Å²) < 4.78 is 1.69. The zero-order chi connectivity index (χ0) is 20.1. The van der Waals surface area contributed by atoms with E-state index in [4.69, 9.17) is 10.1 Å². The number of nitrogens with zero attached hydrogens (tertiary/aromatic N) is 4. The van der Waals surface area contributed by atoms with Gasteiger partial charge in [0.15, 0.2) is 5.65 Å². The van der Waals surface area contributed by atoms with Gasteiger partial charge in [-0.25, -0.2) is 9.97 Å². The van der Waals surface area contributed by atoms with Crippen molar-refractivity contribution in [1.82, 2.24) is 24.9 Å². The van der Waals surface area contributed by atoms with Gasteiger partial charge in [0, 0.05) is 18.0 Å². The second-order valence-corrected chi connectivity index (χ2v) is 9.74. The summed E-state index contributed by atoms with van der Waals surface area (Å²) in [6, 6.07) is 0. The molecule has 0 saturated carbocycles. The van der Waals surface area contributed by atoms with E-state index in [0.717, 1.165) is 41.0 Å². The molecule has 8 heteroatoms. The molecule has 3 aromatic heterocycles. The first kappa shape index (κ1) is 19.3. The van der Waals surface area contributed by atoms with Gasteiger partial charge < -0.3 is 10.4 Å². The second kappa shape index (κ2) is 7.08. The van der Waals surface area contributed by atoms with E-state index in [1.165, 1.54) is 10.4 Å². The molecular weight excluding hydrogens is 374 g/mol. The van der Waals surface area contributed by atoms with E-state index in [2.05, 4.69) is 36.2 Å². The third kappa shape index (κ3) is 3.28. The molecule has 2 N–H and O–H groups in total. The number of nitrogens with one attached hydrogen (secondary N) is 1. The van der Waals surface area contributed by atoms with Crippen LogP contribution in [-0.4, -0.2) is 43.7 Å². The maximum Gasteiger partial charge on any atom is 0.290 e. The molecule has 3 aromatic rings. The number of fused-ring (bicyclic) bond motifs is 5. The van der Waals surface area contributed by atoms with Crippen molar-refractivity contribution in [3.63, 3.8) is 0 Å². The summed E-state index contributed by atoms with van der Waals surface area (Å²) in [5, 5.41) is 17.1. The molecule has 7 nitrogen and oxygen atoms in total. The Morgan fingerprint density at radius 2 is 2.14 bits per heavy atom. The number of hydrogen-bond acceptors (Lipinski definition) is 6. The van der Waals surface area contributed by atoms with Crippen molar-refractivity contribution in [2.24, 2.45) is 11.3 Å². The molecule has 0 bridgehead atoms. The second-order valence-electron chi connectivity index (χ2n) is 8.65. The molecule has 0 radical (unpaired) electrons. The third-order valence-electron chi connectivity index (χ3n) is 5.70. The predicted molar refractivity (Wildman–Crippen MR) is 110 cm³/mol. The van der Waals surface area contributed by atoms with E-state index < -0.39 is 0 Å². The number of carbonyl (C=O) groups is 1. The minimum atomic E-state index is -0.318. The summed E-state index contributed by atoms with van der Waals surface area (Å²) in [5.74, 6) is 1.23. The van der Waals surface area contributed by atoms with Crippen LogP contribution in [0.1, 0.15) is 60.5 Å². The van der Waals surface area contributed by atoms with Gasteiger partial charge in [0.05, 0.1) is 5.39 Å². The van der Waals surface area contributed by atoms with Crippen LogP contribution in [0.5, 0.6) is 0 Å². The number of thiophene rings is 1. The lowest BCUT2D eigenvalue weighted by molar-refractivity contribution is 0.0941. The molecule has 1 aliphatic rings. The van der Waals surface area contributed by atoms with Crippen molar-refractivity contribution in [2.45, 2.75) is 53.4 Å². The standard InChI is InChI=1S/C20H27N5O2S/c1-11-22-19-15(13-7-6-12(20(2,3)4)10-14(13)28-19)17-23-16(24-25(11)17)18(27)21-8-5-9-26/h12,26H,5-10H2,1-4H3,(H,21,27)/t12-/m0/s1. The number of aliphatic hydroxyl groups excluding tert-OH is 1. The van der Waals surface area contributed by atoms with E-state index in [-0.39, 0.29) is 18.3 Å². The molecule has 28 heavy (non-hydrogen) atoms. The zero-order valence-corrected chi connectivity index (χ0v) is 17.7. The number of carbonyl (C=O) groups excluding carboxylic acids is 1. The van der Waals surface area contributed by atoms with Gasteiger partial charge in [-0.1, -0.05) is 20.8 Å². The SMILES string of the molecule is Cc1nc2sc3c(c2c2nc(C(=O)NCCCO)nn12)CC[C@H](C(C)(C)C)C3. The quantitative estimate of drug-likeness (QED) is 0.656. The molecule has 0 unspecified atom stereocenters. The zero-order valence-electron chi connectivity index (χ0n) is 16.9. The molecule has 0 fully saturated rings. The van der Waals surface area contributed by atoms with Gasteiger partial charge in [0.25, 0.3) is 5.91 Å². The number of rotatable bonds is 4. The number of aryl methyl sites for hydroxylation is 2. The first-order valence-corrected chi connectivity index (χ1v) is 10.7. The summed E-state index contributed by atoms with van der Waals surface area (Å²) in [5.41, 5.74) is 2.35. The van der Waals surface area contributed by atoms with Gasteiger partial charge >= 0.3 is 0 Å². The molecule has 1 atom stereocenters. The highest BCUT2D eigenvalue weighted by Gasteiger charge is 2.32. The minimum absolute atomic E-state index is 0.0408. The summed E-state index contributed by atoms with van der Waals surface area (Å²) in [7, 11) is 0. The lowest BCUT2D eigenvalue weighted by Crippen LogP contribution is -2.26. The number of amides is 1. The lowest BCUT2D eigenvalue weighted by atomic mass is 9.72. The van der Waals surface area contributed by atoms with Crippen LogP contribution in [-0.2, 0) is 12.8 Å². The Balaban J connectivity index is 1.77. The maximum atomic E-state index is 12.4. The predicted octanol–water partition coefficient (Wildman–Crippen LogP) is 2.91. The topological polar surface area (TPSA) is 92.4 Å². The average Bonchev–Trinajstić information content (AvgIpc) is 3.21. The summed E-state index contributed by atoms with van der Waals surface area (Å²) >= 11 is 1.76. The fraction of sp³-hybridized carbons (Fsp3) is 0.600. The van der Waals surface area contributed by atoms with Crippen LogP contribution >= 0.6 is 11.3 Å². The molecular formula is C20H27N5O2S. The summed E-state index contributed by atoms with van der Waals surface area (Å²) in [6.45, 7) is 9.29. The summed E-state index contributed by atoms with van der Waals surface area (Å²) in [4.78, 5) is 24.1. The van der Waals surface area contributed by atoms with Crippen LogP contribution in [0.25, 0.3) is 15.9 Å². The van der Waals surface area contributed by atoms with Crippen LogP contribution in [0.4, 0.5) is 0 Å². The van der Waals surface area contributed by atoms with Gasteiger partial charge in [-0.2, -0.15) is 4.52 Å². The molecule has 150 valence electrons. The Morgan fingerprint density at radius 1 is 1.36 bits per heavy atom. The highest BCUT2D eigenvalue weighted by Crippen LogP contribution is 2.43.